The van der Waals surface area contributed by atoms with Crippen LogP contribution in [0, 0.1) is 6.92 Å². The predicted molar refractivity (Wildman–Crippen MR) is 77.0 cm³/mol. The molecule has 6 nitrogen and oxygen atoms in total. The maximum absolute atomic E-state index is 12.4. The highest BCUT2D eigenvalue weighted by Crippen LogP contribution is 2.21. The zero-order valence-electron chi connectivity index (χ0n) is 12.0. The van der Waals surface area contributed by atoms with Gasteiger partial charge in [0.15, 0.2) is 0 Å². The quantitative estimate of drug-likeness (QED) is 0.330. The molecular weight excluding hydrogens is 258 g/mol. The zero-order valence-corrected chi connectivity index (χ0v) is 12.0. The van der Waals surface area contributed by atoms with Crippen LogP contribution in [0.1, 0.15) is 36.2 Å². The van der Waals surface area contributed by atoms with Gasteiger partial charge in [0.2, 0.25) is 0 Å². The molecule has 1 rings (SSSR count). The molecule has 6 heteroatoms. The van der Waals surface area contributed by atoms with E-state index in [2.05, 4.69) is 5.16 Å². The number of phenols is 1. The van der Waals surface area contributed by atoms with Crippen molar-refractivity contribution in [2.75, 3.05) is 6.54 Å². The van der Waals surface area contributed by atoms with Crippen LogP contribution in [0.5, 0.6) is 5.75 Å². The Labute approximate surface area is 118 Å². The highest BCUT2D eigenvalue weighted by atomic mass is 16.4. The van der Waals surface area contributed by atoms with Crippen LogP contribution >= 0.6 is 0 Å². The van der Waals surface area contributed by atoms with E-state index in [9.17, 15) is 9.90 Å². The van der Waals surface area contributed by atoms with Crippen molar-refractivity contribution in [3.8, 4) is 5.75 Å². The van der Waals surface area contributed by atoms with Gasteiger partial charge in [-0.1, -0.05) is 11.2 Å². The molecule has 1 aromatic rings. The van der Waals surface area contributed by atoms with Crippen molar-refractivity contribution in [1.82, 2.24) is 4.90 Å². The maximum Gasteiger partial charge on any atom is 0.257 e. The number of nitrogens with two attached hydrogens (primary N) is 1. The minimum atomic E-state index is -0.275. The Morgan fingerprint density at radius 3 is 2.60 bits per heavy atom. The molecule has 0 saturated carbocycles. The summed E-state index contributed by atoms with van der Waals surface area (Å²) < 4.78 is 0. The molecule has 0 heterocycles. The molecule has 0 bridgehead atoms. The molecule has 1 amide bonds. The number of aromatic hydroxyl groups is 1. The van der Waals surface area contributed by atoms with Crippen molar-refractivity contribution >= 4 is 11.7 Å². The Morgan fingerprint density at radius 1 is 1.45 bits per heavy atom. The smallest absolute Gasteiger partial charge is 0.257 e. The van der Waals surface area contributed by atoms with Crippen LogP contribution in [0.3, 0.4) is 0 Å². The molecule has 0 aliphatic rings. The second kappa shape index (κ2) is 6.79. The van der Waals surface area contributed by atoms with Crippen molar-refractivity contribution < 1.29 is 15.1 Å². The number of aryl methyl sites for hydroxylation is 1. The first-order valence-corrected chi connectivity index (χ1v) is 6.43. The lowest BCUT2D eigenvalue weighted by Gasteiger charge is -2.27. The number of carbonyl (C=O) groups is 1. The molecule has 0 atom stereocenters. The number of oxime groups is 1. The number of hydrogen-bond acceptors (Lipinski definition) is 4. The zero-order chi connectivity index (χ0) is 15.3. The third-order valence-electron chi connectivity index (χ3n) is 3.01. The van der Waals surface area contributed by atoms with Gasteiger partial charge in [0, 0.05) is 19.0 Å². The van der Waals surface area contributed by atoms with E-state index < -0.39 is 0 Å². The molecule has 0 unspecified atom stereocenters. The van der Waals surface area contributed by atoms with Gasteiger partial charge in [-0.15, -0.1) is 0 Å². The first-order valence-electron chi connectivity index (χ1n) is 6.43. The molecule has 110 valence electrons. The predicted octanol–water partition coefficient (Wildman–Crippen LogP) is 1.69. The maximum atomic E-state index is 12.4. The summed E-state index contributed by atoms with van der Waals surface area (Å²) in [6.07, 6.45) is 0.271. The van der Waals surface area contributed by atoms with Gasteiger partial charge in [0.1, 0.15) is 11.6 Å². The van der Waals surface area contributed by atoms with Gasteiger partial charge in [0.05, 0.1) is 5.56 Å². The van der Waals surface area contributed by atoms with Gasteiger partial charge in [-0.05, 0) is 38.5 Å². The number of nitrogens with zero attached hydrogens (tertiary/aromatic N) is 2. The standard InChI is InChI=1S/C14H21N3O3/c1-9(2)17(7-6-13(15)16-20)14(19)11-5-4-10(3)8-12(11)18/h4-5,8-9,18,20H,6-7H2,1-3H3,(H2,15,16). The van der Waals surface area contributed by atoms with Crippen molar-refractivity contribution in [3.05, 3.63) is 29.3 Å². The normalized spacial score (nSPS) is 11.7. The fraction of sp³-hybridized carbons (Fsp3) is 0.429. The number of hydrogen-bond donors (Lipinski definition) is 3. The van der Waals surface area contributed by atoms with Gasteiger partial charge >= 0.3 is 0 Å². The van der Waals surface area contributed by atoms with Crippen molar-refractivity contribution in [1.29, 1.82) is 0 Å². The van der Waals surface area contributed by atoms with E-state index in [1.54, 1.807) is 23.1 Å². The number of rotatable bonds is 5. The summed E-state index contributed by atoms with van der Waals surface area (Å²) >= 11 is 0. The Hall–Kier alpha value is -2.24. The number of amides is 1. The molecule has 0 fully saturated rings. The van der Waals surface area contributed by atoms with Crippen molar-refractivity contribution in [2.45, 2.75) is 33.2 Å². The van der Waals surface area contributed by atoms with Gasteiger partial charge in [-0.3, -0.25) is 4.79 Å². The molecule has 0 saturated heterocycles. The fourth-order valence-electron chi connectivity index (χ4n) is 1.86. The van der Waals surface area contributed by atoms with E-state index in [4.69, 9.17) is 10.9 Å². The van der Waals surface area contributed by atoms with E-state index in [-0.39, 0.29) is 35.5 Å². The molecule has 0 aliphatic heterocycles. The highest BCUT2D eigenvalue weighted by molar-refractivity contribution is 5.97. The largest absolute Gasteiger partial charge is 0.507 e. The number of carbonyl (C=O) groups excluding carboxylic acids is 1. The third kappa shape index (κ3) is 3.88. The first kappa shape index (κ1) is 15.8. The lowest BCUT2D eigenvalue weighted by Crippen LogP contribution is -2.39. The molecule has 0 aromatic heterocycles. The lowest BCUT2D eigenvalue weighted by atomic mass is 10.1. The summed E-state index contributed by atoms with van der Waals surface area (Å²) in [6.45, 7) is 5.90. The van der Waals surface area contributed by atoms with Crippen LogP contribution in [0.15, 0.2) is 23.4 Å². The number of benzene rings is 1. The van der Waals surface area contributed by atoms with Gasteiger partial charge < -0.3 is 20.9 Å². The van der Waals surface area contributed by atoms with Gasteiger partial charge in [0.25, 0.3) is 5.91 Å². The van der Waals surface area contributed by atoms with Crippen molar-refractivity contribution in [3.63, 3.8) is 0 Å². The number of amidine groups is 1. The first-order chi connectivity index (χ1) is 9.36. The Bertz CT molecular complexity index is 512. The summed E-state index contributed by atoms with van der Waals surface area (Å²) in [5.41, 5.74) is 6.56. The summed E-state index contributed by atoms with van der Waals surface area (Å²) in [5.74, 6) is -0.246. The minimum Gasteiger partial charge on any atom is -0.507 e. The lowest BCUT2D eigenvalue weighted by molar-refractivity contribution is 0.0708. The Kier molecular flexibility index (Phi) is 5.37. The average molecular weight is 279 g/mol. The van der Waals surface area contributed by atoms with Crippen LogP contribution in [0.4, 0.5) is 0 Å². The van der Waals surface area contributed by atoms with E-state index in [1.165, 1.54) is 0 Å². The third-order valence-corrected chi connectivity index (χ3v) is 3.01. The van der Waals surface area contributed by atoms with Crippen LogP contribution in [-0.2, 0) is 0 Å². The molecule has 4 N–H and O–H groups in total. The summed E-state index contributed by atoms with van der Waals surface area (Å²) in [6, 6.07) is 4.87. The Morgan fingerprint density at radius 2 is 2.10 bits per heavy atom. The summed E-state index contributed by atoms with van der Waals surface area (Å²) in [7, 11) is 0. The van der Waals surface area contributed by atoms with Crippen LogP contribution in [0.25, 0.3) is 0 Å². The minimum absolute atomic E-state index is 0.0375. The highest BCUT2D eigenvalue weighted by Gasteiger charge is 2.21. The van der Waals surface area contributed by atoms with Crippen LogP contribution in [-0.4, -0.2) is 39.5 Å². The molecule has 1 aromatic carbocycles. The van der Waals surface area contributed by atoms with E-state index in [0.717, 1.165) is 5.56 Å². The molecular formula is C14H21N3O3. The van der Waals surface area contributed by atoms with Gasteiger partial charge in [-0.25, -0.2) is 0 Å². The molecule has 0 spiro atoms. The average Bonchev–Trinajstić information content (AvgIpc) is 2.37. The second-order valence-electron chi connectivity index (χ2n) is 4.95. The van der Waals surface area contributed by atoms with Crippen LogP contribution < -0.4 is 5.73 Å². The van der Waals surface area contributed by atoms with E-state index >= 15 is 0 Å². The van der Waals surface area contributed by atoms with Crippen molar-refractivity contribution in [2.24, 2.45) is 10.9 Å². The SMILES string of the molecule is Cc1ccc(C(=O)N(CCC(N)=NO)C(C)C)c(O)c1. The van der Waals surface area contributed by atoms with E-state index in [1.807, 2.05) is 20.8 Å². The van der Waals surface area contributed by atoms with E-state index in [0.29, 0.717) is 6.54 Å². The second-order valence-corrected chi connectivity index (χ2v) is 4.95. The number of phenolic OH excluding ortho intramolecular Hbond substituents is 1. The fourth-order valence-corrected chi connectivity index (χ4v) is 1.86. The molecule has 0 radical (unpaired) electrons. The Balaban J connectivity index is 2.94. The molecule has 20 heavy (non-hydrogen) atoms. The van der Waals surface area contributed by atoms with Crippen LogP contribution in [0.2, 0.25) is 0 Å². The summed E-state index contributed by atoms with van der Waals surface area (Å²) in [4.78, 5) is 14.0. The summed E-state index contributed by atoms with van der Waals surface area (Å²) in [5, 5.41) is 21.3. The van der Waals surface area contributed by atoms with Gasteiger partial charge in [-0.2, -0.15) is 0 Å². The monoisotopic (exact) mass is 279 g/mol. The molecule has 0 aliphatic carbocycles. The topological polar surface area (TPSA) is 99.2 Å².